The lowest BCUT2D eigenvalue weighted by Gasteiger charge is -2.26. The van der Waals surface area contributed by atoms with E-state index >= 15 is 0 Å². The predicted octanol–water partition coefficient (Wildman–Crippen LogP) is -0.0581. The summed E-state index contributed by atoms with van der Waals surface area (Å²) in [4.78, 5) is 28.2. The molecule has 0 bridgehead atoms. The van der Waals surface area contributed by atoms with E-state index in [1.54, 1.807) is 0 Å². The first-order valence-corrected chi connectivity index (χ1v) is 6.22. The lowest BCUT2D eigenvalue weighted by molar-refractivity contribution is 0.239. The molecule has 2 aromatic heterocycles. The minimum atomic E-state index is -0.131. The second kappa shape index (κ2) is 4.51. The maximum absolute atomic E-state index is 11.9. The number of aromatic amines is 2. The molecule has 0 radical (unpaired) electrons. The van der Waals surface area contributed by atoms with Crippen LogP contribution in [0.3, 0.4) is 0 Å². The smallest absolute Gasteiger partial charge is 0.257 e. The Morgan fingerprint density at radius 1 is 1.47 bits per heavy atom. The van der Waals surface area contributed by atoms with Gasteiger partial charge in [0.1, 0.15) is 5.82 Å². The Balaban J connectivity index is 1.80. The molecule has 3 heterocycles. The van der Waals surface area contributed by atoms with Gasteiger partial charge in [-0.05, 0) is 6.92 Å². The van der Waals surface area contributed by atoms with Crippen LogP contribution in [0.25, 0.3) is 0 Å². The molecular formula is C12H16N6O. The van der Waals surface area contributed by atoms with Crippen molar-refractivity contribution in [2.45, 2.75) is 26.4 Å². The lowest BCUT2D eigenvalue weighted by atomic mass is 10.1. The Kier molecular flexibility index (Phi) is 2.83. The molecule has 7 heteroatoms. The summed E-state index contributed by atoms with van der Waals surface area (Å²) >= 11 is 0. The highest BCUT2D eigenvalue weighted by atomic mass is 16.1. The van der Waals surface area contributed by atoms with Crippen molar-refractivity contribution in [3.63, 3.8) is 0 Å². The van der Waals surface area contributed by atoms with Crippen molar-refractivity contribution in [2.24, 2.45) is 0 Å². The van der Waals surface area contributed by atoms with Crippen LogP contribution < -0.4 is 11.3 Å². The summed E-state index contributed by atoms with van der Waals surface area (Å²) in [5.41, 5.74) is 8.01. The number of rotatable bonds is 2. The van der Waals surface area contributed by atoms with Crippen LogP contribution in [0.5, 0.6) is 0 Å². The third-order valence-corrected chi connectivity index (χ3v) is 3.32. The van der Waals surface area contributed by atoms with Crippen LogP contribution in [0.15, 0.2) is 11.0 Å². The standard InChI is InChI=1S/C12H16N6O/c1-7-14-4-8(15-7)5-18-3-2-10-9(6-18)11(19)17-12(13)16-10/h4H,2-3,5-6H2,1H3,(H,14,15)(H3,13,16,17,19). The molecule has 0 fully saturated rings. The number of nitrogen functional groups attached to an aromatic ring is 1. The van der Waals surface area contributed by atoms with Gasteiger partial charge in [-0.2, -0.15) is 0 Å². The Labute approximate surface area is 109 Å². The number of hydrogen-bond acceptors (Lipinski definition) is 5. The van der Waals surface area contributed by atoms with Crippen molar-refractivity contribution in [1.82, 2.24) is 24.8 Å². The topological polar surface area (TPSA) is 104 Å². The average Bonchev–Trinajstić information content (AvgIpc) is 2.75. The fourth-order valence-electron chi connectivity index (χ4n) is 2.43. The van der Waals surface area contributed by atoms with Crippen LogP contribution >= 0.6 is 0 Å². The van der Waals surface area contributed by atoms with Gasteiger partial charge in [-0.1, -0.05) is 0 Å². The number of aryl methyl sites for hydroxylation is 1. The van der Waals surface area contributed by atoms with Crippen molar-refractivity contribution in [1.29, 1.82) is 0 Å². The molecule has 7 nitrogen and oxygen atoms in total. The molecule has 0 saturated heterocycles. The number of fused-ring (bicyclic) bond motifs is 1. The van der Waals surface area contributed by atoms with Crippen LogP contribution in [0.4, 0.5) is 5.95 Å². The normalized spacial score (nSPS) is 15.4. The third kappa shape index (κ3) is 2.37. The first-order valence-electron chi connectivity index (χ1n) is 6.22. The van der Waals surface area contributed by atoms with Gasteiger partial charge in [-0.25, -0.2) is 9.97 Å². The van der Waals surface area contributed by atoms with Crippen LogP contribution in [-0.2, 0) is 19.5 Å². The van der Waals surface area contributed by atoms with Crippen molar-refractivity contribution in [2.75, 3.05) is 12.3 Å². The van der Waals surface area contributed by atoms with Crippen LogP contribution in [0.1, 0.15) is 22.8 Å². The molecular weight excluding hydrogens is 244 g/mol. The van der Waals surface area contributed by atoms with E-state index in [1.165, 1.54) is 0 Å². The maximum Gasteiger partial charge on any atom is 0.257 e. The minimum Gasteiger partial charge on any atom is -0.369 e. The van der Waals surface area contributed by atoms with Crippen molar-refractivity contribution in [3.05, 3.63) is 39.3 Å². The van der Waals surface area contributed by atoms with E-state index in [0.29, 0.717) is 6.54 Å². The van der Waals surface area contributed by atoms with E-state index in [-0.39, 0.29) is 11.5 Å². The Bertz CT molecular complexity index is 658. The second-order valence-electron chi connectivity index (χ2n) is 4.83. The first kappa shape index (κ1) is 11.9. The van der Waals surface area contributed by atoms with Gasteiger partial charge < -0.3 is 10.7 Å². The number of nitrogens with zero attached hydrogens (tertiary/aromatic N) is 3. The Hall–Kier alpha value is -2.15. The summed E-state index contributed by atoms with van der Waals surface area (Å²) < 4.78 is 0. The molecule has 0 saturated carbocycles. The van der Waals surface area contributed by atoms with Crippen molar-refractivity contribution < 1.29 is 0 Å². The molecule has 0 atom stereocenters. The third-order valence-electron chi connectivity index (χ3n) is 3.32. The fraction of sp³-hybridized carbons (Fsp3) is 0.417. The van der Waals surface area contributed by atoms with Crippen LogP contribution in [0.2, 0.25) is 0 Å². The van der Waals surface area contributed by atoms with E-state index in [2.05, 4.69) is 24.8 Å². The summed E-state index contributed by atoms with van der Waals surface area (Å²) in [6.07, 6.45) is 2.58. The summed E-state index contributed by atoms with van der Waals surface area (Å²) in [5.74, 6) is 1.10. The van der Waals surface area contributed by atoms with E-state index < -0.39 is 0 Å². The van der Waals surface area contributed by atoms with Crippen molar-refractivity contribution >= 4 is 5.95 Å². The molecule has 1 aliphatic heterocycles. The number of nitrogens with two attached hydrogens (primary N) is 1. The SMILES string of the molecule is Cc1ncc(CN2CCc3nc(N)[nH]c(=O)c3C2)[nH]1. The van der Waals surface area contributed by atoms with E-state index in [4.69, 9.17) is 5.73 Å². The maximum atomic E-state index is 11.9. The number of hydrogen-bond donors (Lipinski definition) is 3. The monoisotopic (exact) mass is 260 g/mol. The quantitative estimate of drug-likeness (QED) is 0.702. The van der Waals surface area contributed by atoms with Crippen LogP contribution in [-0.4, -0.2) is 31.4 Å². The summed E-state index contributed by atoms with van der Waals surface area (Å²) in [6, 6.07) is 0. The molecule has 0 spiro atoms. The van der Waals surface area contributed by atoms with Crippen molar-refractivity contribution in [3.8, 4) is 0 Å². The number of nitrogens with one attached hydrogen (secondary N) is 2. The zero-order valence-electron chi connectivity index (χ0n) is 10.7. The fourth-order valence-corrected chi connectivity index (χ4v) is 2.43. The molecule has 2 aromatic rings. The number of H-pyrrole nitrogens is 2. The van der Waals surface area contributed by atoms with Gasteiger partial charge in [0.05, 0.1) is 11.3 Å². The molecule has 4 N–H and O–H groups in total. The predicted molar refractivity (Wildman–Crippen MR) is 70.4 cm³/mol. The molecule has 0 amide bonds. The van der Waals surface area contributed by atoms with Crippen LogP contribution in [0, 0.1) is 6.92 Å². The van der Waals surface area contributed by atoms with Gasteiger partial charge >= 0.3 is 0 Å². The lowest BCUT2D eigenvalue weighted by Crippen LogP contribution is -2.35. The highest BCUT2D eigenvalue weighted by Gasteiger charge is 2.21. The molecule has 0 aliphatic carbocycles. The zero-order chi connectivity index (χ0) is 13.4. The Morgan fingerprint density at radius 3 is 3.05 bits per heavy atom. The van der Waals surface area contributed by atoms with Gasteiger partial charge in [0.15, 0.2) is 0 Å². The summed E-state index contributed by atoms with van der Waals surface area (Å²) in [6.45, 7) is 4.13. The second-order valence-corrected chi connectivity index (χ2v) is 4.83. The summed E-state index contributed by atoms with van der Waals surface area (Å²) in [7, 11) is 0. The molecule has 1 aliphatic rings. The molecule has 0 aromatic carbocycles. The zero-order valence-corrected chi connectivity index (χ0v) is 10.7. The van der Waals surface area contributed by atoms with E-state index in [0.717, 1.165) is 42.3 Å². The van der Waals surface area contributed by atoms with Gasteiger partial charge in [0.25, 0.3) is 5.56 Å². The molecule has 19 heavy (non-hydrogen) atoms. The average molecular weight is 260 g/mol. The van der Waals surface area contributed by atoms with Gasteiger partial charge in [0.2, 0.25) is 5.95 Å². The number of aromatic nitrogens is 4. The molecule has 100 valence electrons. The highest BCUT2D eigenvalue weighted by Crippen LogP contribution is 2.16. The largest absolute Gasteiger partial charge is 0.369 e. The Morgan fingerprint density at radius 2 is 2.32 bits per heavy atom. The van der Waals surface area contributed by atoms with Gasteiger partial charge in [-0.3, -0.25) is 14.7 Å². The molecule has 3 rings (SSSR count). The number of imidazole rings is 1. The number of anilines is 1. The summed E-state index contributed by atoms with van der Waals surface area (Å²) in [5, 5.41) is 0. The van der Waals surface area contributed by atoms with Gasteiger partial charge in [-0.15, -0.1) is 0 Å². The molecule has 0 unspecified atom stereocenters. The van der Waals surface area contributed by atoms with Gasteiger partial charge in [0, 0.05) is 37.9 Å². The highest BCUT2D eigenvalue weighted by molar-refractivity contribution is 5.27. The minimum absolute atomic E-state index is 0.131. The van der Waals surface area contributed by atoms with E-state index in [1.807, 2.05) is 13.1 Å². The first-order chi connectivity index (χ1) is 9.11. The van der Waals surface area contributed by atoms with E-state index in [9.17, 15) is 4.79 Å².